The number of nitrogens with zero attached hydrogens (tertiary/aromatic N) is 2. The van der Waals surface area contributed by atoms with Gasteiger partial charge < -0.3 is 9.84 Å². The number of ether oxygens (including phenoxy) is 1. The van der Waals surface area contributed by atoms with Gasteiger partial charge in [-0.2, -0.15) is 5.10 Å². The second kappa shape index (κ2) is 10.0. The number of hydrogen-bond acceptors (Lipinski definition) is 4. The molecule has 174 valence electrons. The SMILES string of the molecule is CCCCc1nn(C)c(C(=O)O)c1Cc1ccccc1-c1ccccc1C(=O)OC(C)(C)C. The summed E-state index contributed by atoms with van der Waals surface area (Å²) in [5, 5.41) is 14.4. The van der Waals surface area contributed by atoms with Gasteiger partial charge in [0.05, 0.1) is 11.3 Å². The maximum Gasteiger partial charge on any atom is 0.354 e. The Morgan fingerprint density at radius 3 is 2.30 bits per heavy atom. The van der Waals surface area contributed by atoms with Crippen molar-refractivity contribution in [2.24, 2.45) is 7.05 Å². The molecule has 0 aliphatic heterocycles. The number of carboxylic acid groups (broad SMARTS) is 1. The standard InChI is InChI=1S/C27H32N2O4/c1-6-7-16-23-22(24(25(30)31)29(5)28-23)17-18-12-8-9-13-19(18)20-14-10-11-15-21(20)26(32)33-27(2,3)4/h8-15H,6-7,16-17H2,1-5H3,(H,30,31). The maximum absolute atomic E-state index is 12.9. The average molecular weight is 449 g/mol. The minimum Gasteiger partial charge on any atom is -0.477 e. The van der Waals surface area contributed by atoms with Gasteiger partial charge in [-0.1, -0.05) is 55.8 Å². The fraction of sp³-hybridized carbons (Fsp3) is 0.370. The summed E-state index contributed by atoms with van der Waals surface area (Å²) in [6.07, 6.45) is 3.07. The number of benzene rings is 2. The molecule has 0 atom stereocenters. The molecule has 3 rings (SSSR count). The van der Waals surface area contributed by atoms with E-state index in [1.807, 2.05) is 63.2 Å². The average Bonchev–Trinajstić information content (AvgIpc) is 3.06. The van der Waals surface area contributed by atoms with Gasteiger partial charge >= 0.3 is 11.9 Å². The second-order valence-corrected chi connectivity index (χ2v) is 9.19. The predicted octanol–water partition coefficient (Wildman–Crippen LogP) is 5.67. The smallest absolute Gasteiger partial charge is 0.354 e. The fourth-order valence-corrected chi connectivity index (χ4v) is 3.98. The number of aromatic carboxylic acids is 1. The number of hydrogen-bond donors (Lipinski definition) is 1. The van der Waals surface area contributed by atoms with E-state index in [0.29, 0.717) is 12.0 Å². The van der Waals surface area contributed by atoms with E-state index in [1.54, 1.807) is 13.1 Å². The van der Waals surface area contributed by atoms with Gasteiger partial charge in [-0.3, -0.25) is 4.68 Å². The second-order valence-electron chi connectivity index (χ2n) is 9.19. The van der Waals surface area contributed by atoms with E-state index in [4.69, 9.17) is 4.74 Å². The highest BCUT2D eigenvalue weighted by atomic mass is 16.6. The first-order valence-corrected chi connectivity index (χ1v) is 11.3. The topological polar surface area (TPSA) is 81.4 Å². The quantitative estimate of drug-likeness (QED) is 0.449. The molecule has 0 radical (unpaired) electrons. The molecular formula is C27H32N2O4. The van der Waals surface area contributed by atoms with Crippen LogP contribution in [0.25, 0.3) is 11.1 Å². The number of carbonyl (C=O) groups excluding carboxylic acids is 1. The number of carbonyl (C=O) groups is 2. The van der Waals surface area contributed by atoms with Gasteiger partial charge in [-0.05, 0) is 56.4 Å². The maximum atomic E-state index is 12.9. The molecule has 1 N–H and O–H groups in total. The number of unbranched alkanes of at least 4 members (excludes halogenated alkanes) is 1. The molecule has 0 amide bonds. The van der Waals surface area contributed by atoms with E-state index in [-0.39, 0.29) is 11.7 Å². The first-order chi connectivity index (χ1) is 15.6. The highest BCUT2D eigenvalue weighted by Crippen LogP contribution is 2.31. The third kappa shape index (κ3) is 5.69. The third-order valence-electron chi connectivity index (χ3n) is 5.42. The van der Waals surface area contributed by atoms with Crippen LogP contribution in [0, 0.1) is 0 Å². The molecular weight excluding hydrogens is 416 g/mol. The molecule has 0 bridgehead atoms. The van der Waals surface area contributed by atoms with Crippen LogP contribution >= 0.6 is 0 Å². The summed E-state index contributed by atoms with van der Waals surface area (Å²) in [6, 6.07) is 15.2. The summed E-state index contributed by atoms with van der Waals surface area (Å²) < 4.78 is 7.09. The molecule has 6 nitrogen and oxygen atoms in total. The van der Waals surface area contributed by atoms with E-state index in [1.165, 1.54) is 4.68 Å². The predicted molar refractivity (Wildman–Crippen MR) is 129 cm³/mol. The number of aromatic nitrogens is 2. The van der Waals surface area contributed by atoms with Crippen LogP contribution in [0.5, 0.6) is 0 Å². The lowest BCUT2D eigenvalue weighted by molar-refractivity contribution is 0.00702. The van der Waals surface area contributed by atoms with Crippen molar-refractivity contribution in [1.29, 1.82) is 0 Å². The summed E-state index contributed by atoms with van der Waals surface area (Å²) in [7, 11) is 1.67. The summed E-state index contributed by atoms with van der Waals surface area (Å²) in [5.41, 5.74) is 4.18. The van der Waals surface area contributed by atoms with E-state index in [0.717, 1.165) is 47.2 Å². The Labute approximate surface area is 195 Å². The summed E-state index contributed by atoms with van der Waals surface area (Å²) in [4.78, 5) is 25.0. The highest BCUT2D eigenvalue weighted by Gasteiger charge is 2.24. The number of carboxylic acids is 1. The van der Waals surface area contributed by atoms with Crippen LogP contribution in [-0.4, -0.2) is 32.4 Å². The molecule has 0 spiro atoms. The molecule has 1 aromatic heterocycles. The third-order valence-corrected chi connectivity index (χ3v) is 5.42. The number of esters is 1. The van der Waals surface area contributed by atoms with E-state index >= 15 is 0 Å². The van der Waals surface area contributed by atoms with Crippen molar-refractivity contribution in [2.75, 3.05) is 0 Å². The molecule has 6 heteroatoms. The van der Waals surface area contributed by atoms with Crippen LogP contribution in [0.4, 0.5) is 0 Å². The van der Waals surface area contributed by atoms with Crippen molar-refractivity contribution >= 4 is 11.9 Å². The fourth-order valence-electron chi connectivity index (χ4n) is 3.98. The van der Waals surface area contributed by atoms with Crippen LogP contribution in [0.3, 0.4) is 0 Å². The van der Waals surface area contributed by atoms with Crippen molar-refractivity contribution < 1.29 is 19.4 Å². The van der Waals surface area contributed by atoms with Crippen molar-refractivity contribution in [2.45, 2.75) is 59.0 Å². The largest absolute Gasteiger partial charge is 0.477 e. The Hall–Kier alpha value is -3.41. The Kier molecular flexibility index (Phi) is 7.36. The van der Waals surface area contributed by atoms with Gasteiger partial charge in [0.2, 0.25) is 0 Å². The minimum atomic E-state index is -0.991. The zero-order valence-corrected chi connectivity index (χ0v) is 20.0. The van der Waals surface area contributed by atoms with Gasteiger partial charge in [0.1, 0.15) is 11.3 Å². The molecule has 1 heterocycles. The van der Waals surface area contributed by atoms with E-state index in [2.05, 4.69) is 12.0 Å². The van der Waals surface area contributed by atoms with Crippen LogP contribution < -0.4 is 0 Å². The van der Waals surface area contributed by atoms with E-state index in [9.17, 15) is 14.7 Å². The van der Waals surface area contributed by atoms with Crippen molar-refractivity contribution in [3.8, 4) is 11.1 Å². The summed E-state index contributed by atoms with van der Waals surface area (Å²) in [6.45, 7) is 7.63. The zero-order chi connectivity index (χ0) is 24.2. The zero-order valence-electron chi connectivity index (χ0n) is 20.0. The van der Waals surface area contributed by atoms with Crippen LogP contribution in [-0.2, 0) is 24.6 Å². The lowest BCUT2D eigenvalue weighted by Gasteiger charge is -2.21. The summed E-state index contributed by atoms with van der Waals surface area (Å²) in [5.74, 6) is -1.38. The van der Waals surface area contributed by atoms with Gasteiger partial charge in [0, 0.05) is 19.0 Å². The molecule has 0 saturated carbocycles. The van der Waals surface area contributed by atoms with Gasteiger partial charge in [-0.15, -0.1) is 0 Å². The first-order valence-electron chi connectivity index (χ1n) is 11.3. The molecule has 0 aliphatic rings. The van der Waals surface area contributed by atoms with Crippen LogP contribution in [0.2, 0.25) is 0 Å². The van der Waals surface area contributed by atoms with Crippen molar-refractivity contribution in [3.05, 3.63) is 76.6 Å². The Balaban J connectivity index is 2.09. The van der Waals surface area contributed by atoms with E-state index < -0.39 is 11.6 Å². The molecule has 3 aromatic rings. The molecule has 0 fully saturated rings. The van der Waals surface area contributed by atoms with Crippen LogP contribution in [0.15, 0.2) is 48.5 Å². The minimum absolute atomic E-state index is 0.205. The number of aryl methyl sites for hydroxylation is 2. The Morgan fingerprint density at radius 1 is 1.03 bits per heavy atom. The normalized spacial score (nSPS) is 11.4. The molecule has 0 aliphatic carbocycles. The number of rotatable bonds is 8. The van der Waals surface area contributed by atoms with Gasteiger partial charge in [0.25, 0.3) is 0 Å². The molecule has 33 heavy (non-hydrogen) atoms. The lowest BCUT2D eigenvalue weighted by atomic mass is 9.91. The van der Waals surface area contributed by atoms with Gasteiger partial charge in [0.15, 0.2) is 0 Å². The van der Waals surface area contributed by atoms with Gasteiger partial charge in [-0.25, -0.2) is 9.59 Å². The lowest BCUT2D eigenvalue weighted by Crippen LogP contribution is -2.24. The monoisotopic (exact) mass is 448 g/mol. The molecule has 2 aromatic carbocycles. The Bertz CT molecular complexity index is 1160. The highest BCUT2D eigenvalue weighted by molar-refractivity contribution is 5.98. The Morgan fingerprint density at radius 2 is 1.67 bits per heavy atom. The molecule has 0 unspecified atom stereocenters. The first kappa shape index (κ1) is 24.2. The van der Waals surface area contributed by atoms with Crippen molar-refractivity contribution in [1.82, 2.24) is 9.78 Å². The van der Waals surface area contributed by atoms with Crippen molar-refractivity contribution in [3.63, 3.8) is 0 Å². The molecule has 0 saturated heterocycles. The summed E-state index contributed by atoms with van der Waals surface area (Å²) >= 11 is 0. The van der Waals surface area contributed by atoms with Crippen LogP contribution in [0.1, 0.15) is 78.2 Å².